The molecule has 2 aromatic rings. The van der Waals surface area contributed by atoms with Gasteiger partial charge in [-0.05, 0) is 25.1 Å². The second-order valence-corrected chi connectivity index (χ2v) is 4.70. The lowest BCUT2D eigenvalue weighted by Gasteiger charge is -2.10. The molecular weight excluding hydrogens is 276 g/mol. The van der Waals surface area contributed by atoms with E-state index in [9.17, 15) is 4.79 Å². The van der Waals surface area contributed by atoms with Gasteiger partial charge in [-0.1, -0.05) is 29.8 Å². The molecular formula is C15H15ClN2O2. The predicted octanol–water partition coefficient (Wildman–Crippen LogP) is 2.98. The van der Waals surface area contributed by atoms with Crippen LogP contribution in [0.3, 0.4) is 0 Å². The van der Waals surface area contributed by atoms with Gasteiger partial charge in [0.2, 0.25) is 0 Å². The van der Waals surface area contributed by atoms with Gasteiger partial charge in [0.25, 0.3) is 5.91 Å². The molecule has 0 saturated carbocycles. The maximum atomic E-state index is 12.1. The van der Waals surface area contributed by atoms with E-state index in [1.54, 1.807) is 26.2 Å². The van der Waals surface area contributed by atoms with E-state index in [0.717, 1.165) is 11.3 Å². The third-order valence-corrected chi connectivity index (χ3v) is 3.01. The second-order valence-electron chi connectivity index (χ2n) is 4.31. The van der Waals surface area contributed by atoms with Crippen molar-refractivity contribution in [1.29, 1.82) is 0 Å². The van der Waals surface area contributed by atoms with Crippen molar-refractivity contribution in [3.05, 3.63) is 58.4 Å². The third kappa shape index (κ3) is 3.48. The Bertz CT molecular complexity index is 609. The van der Waals surface area contributed by atoms with Crippen LogP contribution in [0.25, 0.3) is 0 Å². The number of nitrogens with one attached hydrogen (secondary N) is 1. The number of carbonyl (C=O) groups excluding carboxylic acids is 1. The Morgan fingerprint density at radius 2 is 2.10 bits per heavy atom. The SMILES string of the molecule is COc1ccccc1CNC(=O)c1cc(C)nc(Cl)c1. The molecule has 0 spiro atoms. The molecule has 4 nitrogen and oxygen atoms in total. The Morgan fingerprint density at radius 1 is 1.35 bits per heavy atom. The van der Waals surface area contributed by atoms with Gasteiger partial charge in [0.15, 0.2) is 0 Å². The Balaban J connectivity index is 2.08. The first-order valence-corrected chi connectivity index (χ1v) is 6.52. The summed E-state index contributed by atoms with van der Waals surface area (Å²) in [7, 11) is 1.60. The van der Waals surface area contributed by atoms with Crippen molar-refractivity contribution >= 4 is 17.5 Å². The summed E-state index contributed by atoms with van der Waals surface area (Å²) in [5.74, 6) is 0.556. The van der Waals surface area contributed by atoms with Crippen LogP contribution in [0.1, 0.15) is 21.6 Å². The molecule has 1 amide bonds. The van der Waals surface area contributed by atoms with Gasteiger partial charge < -0.3 is 10.1 Å². The lowest BCUT2D eigenvalue weighted by molar-refractivity contribution is 0.0950. The minimum absolute atomic E-state index is 0.191. The first-order chi connectivity index (χ1) is 9.60. The van der Waals surface area contributed by atoms with Crippen LogP contribution in [0.2, 0.25) is 5.15 Å². The average Bonchev–Trinajstić information content (AvgIpc) is 2.44. The Kier molecular flexibility index (Phi) is 4.58. The highest BCUT2D eigenvalue weighted by Gasteiger charge is 2.09. The number of methoxy groups -OCH3 is 1. The normalized spacial score (nSPS) is 10.2. The molecule has 0 aliphatic heterocycles. The van der Waals surface area contributed by atoms with Crippen LogP contribution < -0.4 is 10.1 Å². The molecule has 1 aromatic carbocycles. The van der Waals surface area contributed by atoms with Gasteiger partial charge in [0.05, 0.1) is 7.11 Å². The van der Waals surface area contributed by atoms with Crippen LogP contribution in [0.15, 0.2) is 36.4 Å². The topological polar surface area (TPSA) is 51.2 Å². The van der Waals surface area contributed by atoms with Gasteiger partial charge in [0, 0.05) is 23.4 Å². The summed E-state index contributed by atoms with van der Waals surface area (Å²) in [5.41, 5.74) is 2.12. The van der Waals surface area contributed by atoms with Crippen molar-refractivity contribution < 1.29 is 9.53 Å². The number of amides is 1. The number of hydrogen-bond acceptors (Lipinski definition) is 3. The molecule has 0 radical (unpaired) electrons. The average molecular weight is 291 g/mol. The van der Waals surface area contributed by atoms with Gasteiger partial charge in [0.1, 0.15) is 10.9 Å². The maximum absolute atomic E-state index is 12.1. The highest BCUT2D eigenvalue weighted by atomic mass is 35.5. The molecule has 2 rings (SSSR count). The monoisotopic (exact) mass is 290 g/mol. The van der Waals surface area contributed by atoms with E-state index < -0.39 is 0 Å². The summed E-state index contributed by atoms with van der Waals surface area (Å²) in [4.78, 5) is 16.1. The summed E-state index contributed by atoms with van der Waals surface area (Å²) in [6.45, 7) is 2.19. The summed E-state index contributed by atoms with van der Waals surface area (Å²) < 4.78 is 5.24. The molecule has 0 bridgehead atoms. The number of para-hydroxylation sites is 1. The van der Waals surface area contributed by atoms with Crippen molar-refractivity contribution in [2.24, 2.45) is 0 Å². The van der Waals surface area contributed by atoms with Gasteiger partial charge in [-0.25, -0.2) is 4.98 Å². The van der Waals surface area contributed by atoms with Crippen LogP contribution in [-0.4, -0.2) is 18.0 Å². The smallest absolute Gasteiger partial charge is 0.251 e. The highest BCUT2D eigenvalue weighted by Crippen LogP contribution is 2.17. The summed E-state index contributed by atoms with van der Waals surface area (Å²) in [6.07, 6.45) is 0. The number of carbonyl (C=O) groups is 1. The van der Waals surface area contributed by atoms with Crippen LogP contribution in [0.5, 0.6) is 5.75 Å². The van der Waals surface area contributed by atoms with E-state index in [0.29, 0.717) is 23.0 Å². The quantitative estimate of drug-likeness (QED) is 0.881. The summed E-state index contributed by atoms with van der Waals surface area (Å²) in [5, 5.41) is 3.15. The maximum Gasteiger partial charge on any atom is 0.251 e. The van der Waals surface area contributed by atoms with Gasteiger partial charge in [-0.3, -0.25) is 4.79 Å². The van der Waals surface area contributed by atoms with Crippen LogP contribution in [0, 0.1) is 6.92 Å². The van der Waals surface area contributed by atoms with Crippen molar-refractivity contribution in [1.82, 2.24) is 10.3 Å². The van der Waals surface area contributed by atoms with Crippen molar-refractivity contribution in [2.75, 3.05) is 7.11 Å². The molecule has 1 heterocycles. The van der Waals surface area contributed by atoms with E-state index in [4.69, 9.17) is 16.3 Å². The lowest BCUT2D eigenvalue weighted by atomic mass is 10.2. The molecule has 20 heavy (non-hydrogen) atoms. The van der Waals surface area contributed by atoms with Crippen LogP contribution in [-0.2, 0) is 6.54 Å². The number of aromatic nitrogens is 1. The van der Waals surface area contributed by atoms with Crippen molar-refractivity contribution in [2.45, 2.75) is 13.5 Å². The first kappa shape index (κ1) is 14.3. The van der Waals surface area contributed by atoms with E-state index in [-0.39, 0.29) is 5.91 Å². The number of pyridine rings is 1. The molecule has 0 aliphatic carbocycles. The molecule has 104 valence electrons. The lowest BCUT2D eigenvalue weighted by Crippen LogP contribution is -2.23. The number of benzene rings is 1. The largest absolute Gasteiger partial charge is 0.496 e. The molecule has 1 aromatic heterocycles. The fraction of sp³-hybridized carbons (Fsp3) is 0.200. The third-order valence-electron chi connectivity index (χ3n) is 2.82. The zero-order valence-corrected chi connectivity index (χ0v) is 12.1. The minimum Gasteiger partial charge on any atom is -0.496 e. The molecule has 0 fully saturated rings. The standard InChI is InChI=1S/C15H15ClN2O2/c1-10-7-12(8-14(16)18-10)15(19)17-9-11-5-3-4-6-13(11)20-2/h3-8H,9H2,1-2H3,(H,17,19). The number of nitrogens with zero attached hydrogens (tertiary/aromatic N) is 1. The zero-order valence-electron chi connectivity index (χ0n) is 11.3. The Hall–Kier alpha value is -2.07. The zero-order chi connectivity index (χ0) is 14.5. The van der Waals surface area contributed by atoms with Crippen LogP contribution in [0.4, 0.5) is 0 Å². The molecule has 0 aliphatic rings. The molecule has 5 heteroatoms. The first-order valence-electron chi connectivity index (χ1n) is 6.14. The van der Waals surface area contributed by atoms with E-state index in [1.807, 2.05) is 24.3 Å². The number of aryl methyl sites for hydroxylation is 1. The fourth-order valence-electron chi connectivity index (χ4n) is 1.89. The predicted molar refractivity (Wildman–Crippen MR) is 78.1 cm³/mol. The number of rotatable bonds is 4. The fourth-order valence-corrected chi connectivity index (χ4v) is 2.14. The van der Waals surface area contributed by atoms with E-state index in [1.165, 1.54) is 0 Å². The Labute approximate surface area is 122 Å². The van der Waals surface area contributed by atoms with Gasteiger partial charge in [-0.2, -0.15) is 0 Å². The summed E-state index contributed by atoms with van der Waals surface area (Å²) >= 11 is 5.85. The molecule has 1 N–H and O–H groups in total. The molecule has 0 atom stereocenters. The van der Waals surface area contributed by atoms with Gasteiger partial charge in [-0.15, -0.1) is 0 Å². The number of ether oxygens (including phenoxy) is 1. The minimum atomic E-state index is -0.191. The number of halogens is 1. The second kappa shape index (κ2) is 6.39. The van der Waals surface area contributed by atoms with Gasteiger partial charge >= 0.3 is 0 Å². The summed E-state index contributed by atoms with van der Waals surface area (Å²) in [6, 6.07) is 10.8. The Morgan fingerprint density at radius 3 is 2.80 bits per heavy atom. The van der Waals surface area contributed by atoms with E-state index in [2.05, 4.69) is 10.3 Å². The molecule has 0 unspecified atom stereocenters. The van der Waals surface area contributed by atoms with Crippen molar-refractivity contribution in [3.8, 4) is 5.75 Å². The highest BCUT2D eigenvalue weighted by molar-refractivity contribution is 6.29. The number of hydrogen-bond donors (Lipinski definition) is 1. The van der Waals surface area contributed by atoms with E-state index >= 15 is 0 Å². The molecule has 0 saturated heterocycles. The van der Waals surface area contributed by atoms with Crippen LogP contribution >= 0.6 is 11.6 Å². The van der Waals surface area contributed by atoms with Crippen molar-refractivity contribution in [3.63, 3.8) is 0 Å².